The van der Waals surface area contributed by atoms with E-state index in [1.165, 1.54) is 5.56 Å². The lowest BCUT2D eigenvalue weighted by Gasteiger charge is -2.15. The Morgan fingerprint density at radius 3 is 2.35 bits per heavy atom. The van der Waals surface area contributed by atoms with Gasteiger partial charge in [-0.15, -0.1) is 0 Å². The van der Waals surface area contributed by atoms with Gasteiger partial charge < -0.3 is 5.73 Å². The largest absolute Gasteiger partial charge is 0.327 e. The molecule has 20 heavy (non-hydrogen) atoms. The monoisotopic (exact) mass is 295 g/mol. The highest BCUT2D eigenvalue weighted by Gasteiger charge is 2.26. The van der Waals surface area contributed by atoms with E-state index in [0.717, 1.165) is 19.3 Å². The van der Waals surface area contributed by atoms with E-state index < -0.39 is 9.84 Å². The minimum atomic E-state index is -3.17. The molecule has 2 rings (SSSR count). The quantitative estimate of drug-likeness (QED) is 0.908. The van der Waals surface area contributed by atoms with Gasteiger partial charge >= 0.3 is 0 Å². The van der Waals surface area contributed by atoms with Gasteiger partial charge in [0.25, 0.3) is 0 Å². The van der Waals surface area contributed by atoms with Crippen molar-refractivity contribution in [3.8, 4) is 0 Å². The maximum Gasteiger partial charge on any atom is 0.178 e. The molecule has 1 aromatic carbocycles. The molecule has 4 heteroatoms. The first kappa shape index (κ1) is 15.5. The summed E-state index contributed by atoms with van der Waals surface area (Å²) in [5.41, 5.74) is 7.17. The molecule has 0 heterocycles. The molecule has 112 valence electrons. The van der Waals surface area contributed by atoms with Gasteiger partial charge in [0.15, 0.2) is 9.84 Å². The van der Waals surface area contributed by atoms with Gasteiger partial charge in [0, 0.05) is 6.04 Å². The third-order valence-corrected chi connectivity index (χ3v) is 6.14. The zero-order chi connectivity index (χ0) is 14.8. The number of benzene rings is 1. The van der Waals surface area contributed by atoms with Gasteiger partial charge in [0.1, 0.15) is 0 Å². The van der Waals surface area contributed by atoms with Crippen LogP contribution in [-0.2, 0) is 9.84 Å². The van der Waals surface area contributed by atoms with Gasteiger partial charge in [-0.1, -0.05) is 32.4 Å². The summed E-state index contributed by atoms with van der Waals surface area (Å²) in [6.07, 6.45) is 3.93. The molecule has 0 aliphatic heterocycles. The number of hydrogen-bond acceptors (Lipinski definition) is 3. The molecule has 0 aromatic heterocycles. The molecule has 0 bridgehead atoms. The van der Waals surface area contributed by atoms with Crippen LogP contribution >= 0.6 is 0 Å². The minimum Gasteiger partial charge on any atom is -0.327 e. The molecule has 3 nitrogen and oxygen atoms in total. The summed E-state index contributed by atoms with van der Waals surface area (Å²) in [5.74, 6) is 1.01. The first-order chi connectivity index (χ1) is 9.40. The number of hydrogen-bond donors (Lipinski definition) is 1. The van der Waals surface area contributed by atoms with Crippen LogP contribution in [0, 0.1) is 5.92 Å². The fraction of sp³-hybridized carbons (Fsp3) is 0.625. The lowest BCUT2D eigenvalue weighted by atomic mass is 10.0. The number of sulfone groups is 1. The summed E-state index contributed by atoms with van der Waals surface area (Å²) in [5, 5.41) is 0. The van der Waals surface area contributed by atoms with E-state index in [1.807, 2.05) is 12.1 Å². The van der Waals surface area contributed by atoms with E-state index in [4.69, 9.17) is 5.73 Å². The van der Waals surface area contributed by atoms with Crippen LogP contribution in [0.4, 0.5) is 0 Å². The summed E-state index contributed by atoms with van der Waals surface area (Å²) < 4.78 is 24.7. The summed E-state index contributed by atoms with van der Waals surface area (Å²) in [6.45, 7) is 4.20. The van der Waals surface area contributed by atoms with Crippen molar-refractivity contribution in [2.24, 2.45) is 11.7 Å². The zero-order valence-corrected chi connectivity index (χ0v) is 13.2. The Morgan fingerprint density at radius 1 is 1.20 bits per heavy atom. The highest BCUT2D eigenvalue weighted by molar-refractivity contribution is 7.91. The molecular formula is C16H25NO2S. The van der Waals surface area contributed by atoms with E-state index in [2.05, 4.69) is 13.8 Å². The first-order valence-corrected chi connectivity index (χ1v) is 9.13. The standard InChI is InChI=1S/C16H25NO2S/c1-12(2)13-6-8-15(9-7-13)20(18,19)11-10-14-4-3-5-16(14)17/h6-9,12,14,16H,3-5,10-11,17H2,1-2H3. The molecule has 1 aromatic rings. The summed E-state index contributed by atoms with van der Waals surface area (Å²) >= 11 is 0. The molecule has 1 fully saturated rings. The Balaban J connectivity index is 2.02. The molecule has 1 aliphatic carbocycles. The summed E-state index contributed by atoms with van der Waals surface area (Å²) in [4.78, 5) is 0.438. The van der Waals surface area contributed by atoms with Crippen LogP contribution in [0.15, 0.2) is 29.2 Å². The number of nitrogens with two attached hydrogens (primary N) is 1. The topological polar surface area (TPSA) is 60.2 Å². The van der Waals surface area contributed by atoms with Crippen molar-refractivity contribution >= 4 is 9.84 Å². The maximum atomic E-state index is 12.3. The van der Waals surface area contributed by atoms with Gasteiger partial charge in [-0.05, 0) is 48.8 Å². The van der Waals surface area contributed by atoms with Crippen LogP contribution in [-0.4, -0.2) is 20.2 Å². The van der Waals surface area contributed by atoms with E-state index >= 15 is 0 Å². The molecule has 2 unspecified atom stereocenters. The zero-order valence-electron chi connectivity index (χ0n) is 12.4. The van der Waals surface area contributed by atoms with E-state index in [1.54, 1.807) is 12.1 Å². The summed E-state index contributed by atoms with van der Waals surface area (Å²) in [6, 6.07) is 7.49. The molecule has 2 N–H and O–H groups in total. The van der Waals surface area contributed by atoms with Gasteiger partial charge in [-0.3, -0.25) is 0 Å². The van der Waals surface area contributed by atoms with Crippen LogP contribution in [0.5, 0.6) is 0 Å². The van der Waals surface area contributed by atoms with Gasteiger partial charge in [0.2, 0.25) is 0 Å². The predicted molar refractivity (Wildman–Crippen MR) is 82.5 cm³/mol. The van der Waals surface area contributed by atoms with Crippen LogP contribution in [0.2, 0.25) is 0 Å². The Bertz CT molecular complexity index is 534. The van der Waals surface area contributed by atoms with Crippen molar-refractivity contribution in [1.82, 2.24) is 0 Å². The SMILES string of the molecule is CC(C)c1ccc(S(=O)(=O)CCC2CCCC2N)cc1. The molecular weight excluding hydrogens is 270 g/mol. The fourth-order valence-corrected chi connectivity index (χ4v) is 4.31. The number of rotatable bonds is 5. The Hall–Kier alpha value is -0.870. The molecule has 1 aliphatic rings. The van der Waals surface area contributed by atoms with Crippen molar-refractivity contribution in [1.29, 1.82) is 0 Å². The van der Waals surface area contributed by atoms with E-state index in [0.29, 0.717) is 23.2 Å². The lowest BCUT2D eigenvalue weighted by molar-refractivity contribution is 0.464. The summed E-state index contributed by atoms with van der Waals surface area (Å²) in [7, 11) is -3.17. The first-order valence-electron chi connectivity index (χ1n) is 7.48. The van der Waals surface area contributed by atoms with Crippen LogP contribution < -0.4 is 5.73 Å². The Labute approximate surface area is 122 Å². The average Bonchev–Trinajstić information content (AvgIpc) is 2.82. The smallest absolute Gasteiger partial charge is 0.178 e. The van der Waals surface area contributed by atoms with Gasteiger partial charge in [-0.25, -0.2) is 8.42 Å². The third kappa shape index (κ3) is 3.61. The third-order valence-electron chi connectivity index (χ3n) is 4.38. The second-order valence-electron chi connectivity index (χ2n) is 6.19. The molecule has 0 radical (unpaired) electrons. The second kappa shape index (κ2) is 6.27. The molecule has 0 spiro atoms. The van der Waals surface area contributed by atoms with Crippen molar-refractivity contribution in [3.05, 3.63) is 29.8 Å². The maximum absolute atomic E-state index is 12.3. The van der Waals surface area contributed by atoms with Crippen LogP contribution in [0.3, 0.4) is 0 Å². The normalized spacial score (nSPS) is 23.4. The van der Waals surface area contributed by atoms with E-state index in [-0.39, 0.29) is 11.8 Å². The molecule has 0 saturated heterocycles. The van der Waals surface area contributed by atoms with Crippen LogP contribution in [0.25, 0.3) is 0 Å². The lowest BCUT2D eigenvalue weighted by Crippen LogP contribution is -2.26. The predicted octanol–water partition coefficient (Wildman–Crippen LogP) is 3.10. The van der Waals surface area contributed by atoms with Gasteiger partial charge in [-0.2, -0.15) is 0 Å². The Morgan fingerprint density at radius 2 is 1.85 bits per heavy atom. The van der Waals surface area contributed by atoms with Crippen molar-refractivity contribution in [3.63, 3.8) is 0 Å². The highest BCUT2D eigenvalue weighted by atomic mass is 32.2. The van der Waals surface area contributed by atoms with Crippen molar-refractivity contribution < 1.29 is 8.42 Å². The Kier molecular flexibility index (Phi) is 4.86. The fourth-order valence-electron chi connectivity index (χ4n) is 2.91. The second-order valence-corrected chi connectivity index (χ2v) is 8.30. The van der Waals surface area contributed by atoms with E-state index in [9.17, 15) is 8.42 Å². The molecule has 1 saturated carbocycles. The highest BCUT2D eigenvalue weighted by Crippen LogP contribution is 2.28. The van der Waals surface area contributed by atoms with Crippen LogP contribution in [0.1, 0.15) is 51.0 Å². The molecule has 0 amide bonds. The van der Waals surface area contributed by atoms with Gasteiger partial charge in [0.05, 0.1) is 10.6 Å². The molecule has 2 atom stereocenters. The van der Waals surface area contributed by atoms with Crippen molar-refractivity contribution in [2.75, 3.05) is 5.75 Å². The van der Waals surface area contributed by atoms with Crippen molar-refractivity contribution in [2.45, 2.75) is 56.4 Å². The average molecular weight is 295 g/mol. The minimum absolute atomic E-state index is 0.188.